The Balaban J connectivity index is 2.08. The maximum atomic E-state index is 12.1. The van der Waals surface area contributed by atoms with Gasteiger partial charge in [-0.15, -0.1) is 0 Å². The molecule has 1 aromatic carbocycles. The molecule has 5 atom stereocenters. The highest BCUT2D eigenvalue weighted by molar-refractivity contribution is 5.69. The van der Waals surface area contributed by atoms with Crippen LogP contribution in [0.5, 0.6) is 0 Å². The van der Waals surface area contributed by atoms with Crippen molar-refractivity contribution < 1.29 is 35.1 Å². The number of nitrogens with zero attached hydrogens (tertiary/aromatic N) is 1. The normalized spacial score (nSPS) is 31.9. The van der Waals surface area contributed by atoms with Gasteiger partial charge in [-0.05, 0) is 5.56 Å². The zero-order valence-electron chi connectivity index (χ0n) is 11.7. The summed E-state index contributed by atoms with van der Waals surface area (Å²) in [6.45, 7) is -0.780. The van der Waals surface area contributed by atoms with E-state index in [2.05, 4.69) is 0 Å². The van der Waals surface area contributed by atoms with Crippen LogP contribution in [-0.4, -0.2) is 73.7 Å². The topological polar surface area (TPSA) is 131 Å². The van der Waals surface area contributed by atoms with Crippen molar-refractivity contribution >= 4 is 6.09 Å². The molecule has 8 nitrogen and oxygen atoms in total. The lowest BCUT2D eigenvalue weighted by Gasteiger charge is -2.45. The minimum atomic E-state index is -1.79. The van der Waals surface area contributed by atoms with Crippen LogP contribution in [-0.2, 0) is 11.3 Å². The van der Waals surface area contributed by atoms with Crippen LogP contribution in [0.15, 0.2) is 30.3 Å². The number of rotatable bonds is 3. The minimum Gasteiger partial charge on any atom is -0.444 e. The molecular weight excluding hydrogens is 294 g/mol. The van der Waals surface area contributed by atoms with Gasteiger partial charge in [-0.25, -0.2) is 4.79 Å². The van der Waals surface area contributed by atoms with Gasteiger partial charge in [0.15, 0.2) is 6.23 Å². The molecule has 1 saturated heterocycles. The van der Waals surface area contributed by atoms with Crippen LogP contribution in [0, 0.1) is 0 Å². The molecule has 0 radical (unpaired) electrons. The molecule has 1 fully saturated rings. The van der Waals surface area contributed by atoms with E-state index in [1.54, 1.807) is 30.3 Å². The van der Waals surface area contributed by atoms with Gasteiger partial charge in [0, 0.05) is 0 Å². The van der Waals surface area contributed by atoms with Gasteiger partial charge < -0.3 is 30.3 Å². The van der Waals surface area contributed by atoms with Crippen LogP contribution < -0.4 is 0 Å². The first kappa shape index (κ1) is 16.7. The number of ether oxygens (including phenoxy) is 1. The van der Waals surface area contributed by atoms with Gasteiger partial charge in [0.25, 0.3) is 0 Å². The fourth-order valence-electron chi connectivity index (χ4n) is 2.36. The lowest BCUT2D eigenvalue weighted by Crippen LogP contribution is -2.68. The van der Waals surface area contributed by atoms with Gasteiger partial charge in [0.05, 0.1) is 12.6 Å². The Morgan fingerprint density at radius 2 is 1.68 bits per heavy atom. The van der Waals surface area contributed by atoms with E-state index in [4.69, 9.17) is 4.74 Å². The molecule has 1 aliphatic heterocycles. The summed E-state index contributed by atoms with van der Waals surface area (Å²) in [7, 11) is 0. The third-order valence-corrected chi connectivity index (χ3v) is 3.64. The van der Waals surface area contributed by atoms with E-state index < -0.39 is 43.3 Å². The van der Waals surface area contributed by atoms with Gasteiger partial charge in [-0.1, -0.05) is 30.3 Å². The maximum absolute atomic E-state index is 12.1. The summed E-state index contributed by atoms with van der Waals surface area (Å²) in [6.07, 6.45) is -7.85. The number of aliphatic hydroxyl groups is 5. The summed E-state index contributed by atoms with van der Waals surface area (Å²) in [6, 6.07) is 7.51. The van der Waals surface area contributed by atoms with E-state index in [1.807, 2.05) is 0 Å². The molecule has 0 aromatic heterocycles. The lowest BCUT2D eigenvalue weighted by molar-refractivity contribution is -0.212. The minimum absolute atomic E-state index is 0.0736. The monoisotopic (exact) mass is 313 g/mol. The number of piperidine rings is 1. The Morgan fingerprint density at radius 3 is 2.27 bits per heavy atom. The maximum Gasteiger partial charge on any atom is 0.412 e. The molecule has 1 heterocycles. The molecule has 22 heavy (non-hydrogen) atoms. The highest BCUT2D eigenvalue weighted by atomic mass is 16.6. The Hall–Kier alpha value is -1.71. The van der Waals surface area contributed by atoms with Crippen LogP contribution in [0.1, 0.15) is 5.56 Å². The number of hydrogen-bond acceptors (Lipinski definition) is 7. The number of amides is 1. The van der Waals surface area contributed by atoms with E-state index in [1.165, 1.54) is 0 Å². The summed E-state index contributed by atoms with van der Waals surface area (Å²) in [5.74, 6) is 0. The van der Waals surface area contributed by atoms with E-state index >= 15 is 0 Å². The van der Waals surface area contributed by atoms with E-state index in [0.717, 1.165) is 0 Å². The van der Waals surface area contributed by atoms with Crippen molar-refractivity contribution in [3.05, 3.63) is 35.9 Å². The molecule has 0 saturated carbocycles. The van der Waals surface area contributed by atoms with Gasteiger partial charge >= 0.3 is 6.09 Å². The summed E-state index contributed by atoms with van der Waals surface area (Å²) >= 11 is 0. The number of likely N-dealkylation sites (tertiary alicyclic amines) is 1. The molecule has 0 bridgehead atoms. The van der Waals surface area contributed by atoms with Crippen LogP contribution in [0.2, 0.25) is 0 Å². The molecule has 1 aromatic rings. The second-order valence-corrected chi connectivity index (χ2v) is 5.08. The number of carbonyl (C=O) groups excluding carboxylic acids is 1. The number of carbonyl (C=O) groups is 1. The number of benzene rings is 1. The predicted molar refractivity (Wildman–Crippen MR) is 73.4 cm³/mol. The first-order chi connectivity index (χ1) is 10.5. The second kappa shape index (κ2) is 7.03. The molecule has 0 aliphatic carbocycles. The van der Waals surface area contributed by atoms with Crippen molar-refractivity contribution in [2.45, 2.75) is 37.2 Å². The average molecular weight is 313 g/mol. The summed E-state index contributed by atoms with van der Waals surface area (Å²) in [5.41, 5.74) is 0.712. The molecule has 1 unspecified atom stereocenters. The Kier molecular flexibility index (Phi) is 5.33. The standard InChI is InChI=1S/C14H19NO7/c16-6-9-10(17)11(18)12(19)13(20)15(9)14(21)22-7-8-4-2-1-3-5-8/h1-5,9-13,16-20H,6-7H2/t9-,10-,11+,12-,13?/m1/s1. The van der Waals surface area contributed by atoms with E-state index in [-0.39, 0.29) is 6.61 Å². The smallest absolute Gasteiger partial charge is 0.412 e. The number of hydrogen-bond donors (Lipinski definition) is 5. The molecular formula is C14H19NO7. The number of aliphatic hydroxyl groups excluding tert-OH is 5. The highest BCUT2D eigenvalue weighted by Gasteiger charge is 2.49. The summed E-state index contributed by atoms with van der Waals surface area (Å²) in [5, 5.41) is 48.2. The quantitative estimate of drug-likeness (QED) is 0.454. The first-order valence-corrected chi connectivity index (χ1v) is 6.79. The predicted octanol–water partition coefficient (Wildman–Crippen LogP) is -1.60. The highest BCUT2D eigenvalue weighted by Crippen LogP contribution is 2.24. The fourth-order valence-corrected chi connectivity index (χ4v) is 2.36. The van der Waals surface area contributed by atoms with Crippen molar-refractivity contribution in [2.75, 3.05) is 6.61 Å². The molecule has 8 heteroatoms. The van der Waals surface area contributed by atoms with Crippen LogP contribution >= 0.6 is 0 Å². The van der Waals surface area contributed by atoms with Gasteiger partial charge in [0.2, 0.25) is 0 Å². The van der Waals surface area contributed by atoms with Crippen molar-refractivity contribution in [3.8, 4) is 0 Å². The van der Waals surface area contributed by atoms with E-state index in [0.29, 0.717) is 10.5 Å². The molecule has 122 valence electrons. The van der Waals surface area contributed by atoms with Crippen molar-refractivity contribution in [1.82, 2.24) is 4.90 Å². The molecule has 1 aliphatic rings. The summed E-state index contributed by atoms with van der Waals surface area (Å²) < 4.78 is 5.01. The molecule has 0 spiro atoms. The van der Waals surface area contributed by atoms with E-state index in [9.17, 15) is 30.3 Å². The van der Waals surface area contributed by atoms with Crippen LogP contribution in [0.3, 0.4) is 0 Å². The Morgan fingerprint density at radius 1 is 1.05 bits per heavy atom. The third kappa shape index (κ3) is 3.21. The Bertz CT molecular complexity index is 497. The molecule has 2 rings (SSSR count). The van der Waals surface area contributed by atoms with Crippen LogP contribution in [0.25, 0.3) is 0 Å². The van der Waals surface area contributed by atoms with Gasteiger partial charge in [-0.2, -0.15) is 0 Å². The SMILES string of the molecule is O=C(OCc1ccccc1)N1C(O)[C@H](O)[C@@H](O)[C@H](O)[C@H]1CO. The fraction of sp³-hybridized carbons (Fsp3) is 0.500. The van der Waals surface area contributed by atoms with Crippen molar-refractivity contribution in [1.29, 1.82) is 0 Å². The van der Waals surface area contributed by atoms with Gasteiger partial charge in [0.1, 0.15) is 24.9 Å². The zero-order valence-corrected chi connectivity index (χ0v) is 11.7. The largest absolute Gasteiger partial charge is 0.444 e. The lowest BCUT2D eigenvalue weighted by atomic mass is 9.93. The third-order valence-electron chi connectivity index (χ3n) is 3.64. The first-order valence-electron chi connectivity index (χ1n) is 6.79. The van der Waals surface area contributed by atoms with Crippen molar-refractivity contribution in [2.24, 2.45) is 0 Å². The van der Waals surface area contributed by atoms with Crippen molar-refractivity contribution in [3.63, 3.8) is 0 Å². The zero-order chi connectivity index (χ0) is 16.3. The summed E-state index contributed by atoms with van der Waals surface area (Å²) in [4.78, 5) is 12.7. The molecule has 5 N–H and O–H groups in total. The Labute approximate surface area is 126 Å². The van der Waals surface area contributed by atoms with Gasteiger partial charge in [-0.3, -0.25) is 4.90 Å². The van der Waals surface area contributed by atoms with Crippen LogP contribution in [0.4, 0.5) is 4.79 Å². The second-order valence-electron chi connectivity index (χ2n) is 5.08. The average Bonchev–Trinajstić information content (AvgIpc) is 2.54. The molecule has 1 amide bonds.